The molecular formula is C16H18Cl2O4. The van der Waals surface area contributed by atoms with Gasteiger partial charge in [-0.05, 0) is 18.6 Å². The summed E-state index contributed by atoms with van der Waals surface area (Å²) in [4.78, 5) is 23.0. The SMILES string of the molecule is CCCCCCOC(=O)/C=C/C(=O)Oc1c(Cl)cccc1Cl. The lowest BCUT2D eigenvalue weighted by Gasteiger charge is -2.05. The molecule has 1 aromatic rings. The van der Waals surface area contributed by atoms with Crippen LogP contribution in [0.25, 0.3) is 0 Å². The van der Waals surface area contributed by atoms with Gasteiger partial charge in [0.15, 0.2) is 5.75 Å². The number of para-hydroxylation sites is 1. The Morgan fingerprint density at radius 1 is 1.05 bits per heavy atom. The molecule has 0 atom stereocenters. The number of carbonyl (C=O) groups excluding carboxylic acids is 2. The van der Waals surface area contributed by atoms with Crippen LogP contribution in [0.3, 0.4) is 0 Å². The van der Waals surface area contributed by atoms with Gasteiger partial charge in [0, 0.05) is 12.2 Å². The van der Waals surface area contributed by atoms with Gasteiger partial charge in [-0.15, -0.1) is 0 Å². The number of rotatable bonds is 8. The minimum atomic E-state index is -0.752. The predicted molar refractivity (Wildman–Crippen MR) is 86.3 cm³/mol. The van der Waals surface area contributed by atoms with E-state index in [1.807, 2.05) is 0 Å². The molecule has 0 aromatic heterocycles. The van der Waals surface area contributed by atoms with E-state index in [9.17, 15) is 9.59 Å². The van der Waals surface area contributed by atoms with Crippen LogP contribution >= 0.6 is 23.2 Å². The number of carbonyl (C=O) groups is 2. The van der Waals surface area contributed by atoms with Crippen LogP contribution in [0.2, 0.25) is 10.0 Å². The first kappa shape index (κ1) is 18.5. The van der Waals surface area contributed by atoms with Crippen molar-refractivity contribution in [3.05, 3.63) is 40.4 Å². The fraction of sp³-hybridized carbons (Fsp3) is 0.375. The normalized spacial score (nSPS) is 10.7. The van der Waals surface area contributed by atoms with Crippen molar-refractivity contribution in [3.63, 3.8) is 0 Å². The Morgan fingerprint density at radius 3 is 2.32 bits per heavy atom. The van der Waals surface area contributed by atoms with Crippen molar-refractivity contribution in [3.8, 4) is 5.75 Å². The van der Waals surface area contributed by atoms with E-state index in [2.05, 4.69) is 6.92 Å². The third kappa shape index (κ3) is 6.96. The Morgan fingerprint density at radius 2 is 1.68 bits per heavy atom. The molecule has 0 aliphatic rings. The van der Waals surface area contributed by atoms with Crippen LogP contribution in [0.15, 0.2) is 30.4 Å². The van der Waals surface area contributed by atoms with Crippen molar-refractivity contribution in [2.24, 2.45) is 0 Å². The standard InChI is InChI=1S/C16H18Cl2O4/c1-2-3-4-5-11-21-14(19)9-10-15(20)22-16-12(17)7-6-8-13(16)18/h6-10H,2-5,11H2,1H3/b10-9+. The highest BCUT2D eigenvalue weighted by molar-refractivity contribution is 6.37. The summed E-state index contributed by atoms with van der Waals surface area (Å²) in [6.45, 7) is 2.44. The summed E-state index contributed by atoms with van der Waals surface area (Å²) in [6.07, 6.45) is 6.05. The van der Waals surface area contributed by atoms with Crippen molar-refractivity contribution in [2.45, 2.75) is 32.6 Å². The molecular weight excluding hydrogens is 327 g/mol. The number of benzene rings is 1. The highest BCUT2D eigenvalue weighted by Gasteiger charge is 2.10. The van der Waals surface area contributed by atoms with Crippen molar-refractivity contribution in [1.82, 2.24) is 0 Å². The van der Waals surface area contributed by atoms with Gasteiger partial charge in [-0.25, -0.2) is 9.59 Å². The minimum Gasteiger partial charge on any atom is -0.463 e. The summed E-state index contributed by atoms with van der Waals surface area (Å²) in [6, 6.07) is 4.72. The summed E-state index contributed by atoms with van der Waals surface area (Å²) in [5, 5.41) is 0.431. The van der Waals surface area contributed by atoms with E-state index in [-0.39, 0.29) is 15.8 Å². The highest BCUT2D eigenvalue weighted by Crippen LogP contribution is 2.32. The molecule has 1 aromatic carbocycles. The molecule has 0 N–H and O–H groups in total. The van der Waals surface area contributed by atoms with Crippen molar-refractivity contribution in [1.29, 1.82) is 0 Å². The van der Waals surface area contributed by atoms with Gasteiger partial charge in [0.25, 0.3) is 0 Å². The highest BCUT2D eigenvalue weighted by atomic mass is 35.5. The number of ether oxygens (including phenoxy) is 2. The molecule has 0 bridgehead atoms. The quantitative estimate of drug-likeness (QED) is 0.300. The van der Waals surface area contributed by atoms with E-state index in [0.717, 1.165) is 37.8 Å². The summed E-state index contributed by atoms with van der Waals surface area (Å²) in [5.41, 5.74) is 0. The Kier molecular flexibility index (Phi) is 8.63. The zero-order chi connectivity index (χ0) is 16.4. The molecule has 0 spiro atoms. The third-order valence-electron chi connectivity index (χ3n) is 2.72. The van der Waals surface area contributed by atoms with Crippen LogP contribution < -0.4 is 4.74 Å². The van der Waals surface area contributed by atoms with Crippen LogP contribution in [-0.2, 0) is 14.3 Å². The monoisotopic (exact) mass is 344 g/mol. The Bertz CT molecular complexity index is 521. The second kappa shape index (κ2) is 10.2. The Hall–Kier alpha value is -1.52. The van der Waals surface area contributed by atoms with Crippen LogP contribution in [0.4, 0.5) is 0 Å². The van der Waals surface area contributed by atoms with Crippen molar-refractivity contribution < 1.29 is 19.1 Å². The van der Waals surface area contributed by atoms with Crippen molar-refractivity contribution >= 4 is 35.1 Å². The second-order valence-electron chi connectivity index (χ2n) is 4.53. The van der Waals surface area contributed by atoms with Gasteiger partial charge >= 0.3 is 11.9 Å². The van der Waals surface area contributed by atoms with Gasteiger partial charge in [0.2, 0.25) is 0 Å². The second-order valence-corrected chi connectivity index (χ2v) is 5.35. The van der Waals surface area contributed by atoms with E-state index in [0.29, 0.717) is 6.61 Å². The molecule has 0 aliphatic carbocycles. The van der Waals surface area contributed by atoms with Crippen LogP contribution in [0.5, 0.6) is 5.75 Å². The van der Waals surface area contributed by atoms with Gasteiger partial charge in [-0.2, -0.15) is 0 Å². The molecule has 4 nitrogen and oxygen atoms in total. The zero-order valence-corrected chi connectivity index (χ0v) is 13.8. The molecule has 0 heterocycles. The third-order valence-corrected chi connectivity index (χ3v) is 3.31. The molecule has 0 radical (unpaired) electrons. The molecule has 0 saturated heterocycles. The van der Waals surface area contributed by atoms with Crippen LogP contribution in [0.1, 0.15) is 32.6 Å². The molecule has 0 aliphatic heterocycles. The lowest BCUT2D eigenvalue weighted by atomic mass is 10.2. The average Bonchev–Trinajstić information content (AvgIpc) is 2.49. The smallest absolute Gasteiger partial charge is 0.336 e. The summed E-state index contributed by atoms with van der Waals surface area (Å²) < 4.78 is 9.94. The maximum Gasteiger partial charge on any atom is 0.336 e. The van der Waals surface area contributed by atoms with Crippen LogP contribution in [-0.4, -0.2) is 18.5 Å². The topological polar surface area (TPSA) is 52.6 Å². The van der Waals surface area contributed by atoms with Gasteiger partial charge in [-0.3, -0.25) is 0 Å². The molecule has 0 unspecified atom stereocenters. The summed E-state index contributed by atoms with van der Waals surface area (Å²) >= 11 is 11.7. The Labute approximate surface area is 140 Å². The fourth-order valence-corrected chi connectivity index (χ4v) is 2.08. The van der Waals surface area contributed by atoms with E-state index >= 15 is 0 Å². The number of hydrogen-bond donors (Lipinski definition) is 0. The number of halogens is 2. The summed E-state index contributed by atoms with van der Waals surface area (Å²) in [5.74, 6) is -1.27. The maximum absolute atomic E-state index is 11.6. The molecule has 0 saturated carbocycles. The first-order valence-corrected chi connectivity index (χ1v) is 7.80. The first-order chi connectivity index (χ1) is 10.5. The minimum absolute atomic E-state index is 0.0633. The molecule has 6 heteroatoms. The van der Waals surface area contributed by atoms with Crippen LogP contribution in [0, 0.1) is 0 Å². The van der Waals surface area contributed by atoms with Gasteiger partial charge in [0.1, 0.15) is 0 Å². The van der Waals surface area contributed by atoms with E-state index in [4.69, 9.17) is 32.7 Å². The van der Waals surface area contributed by atoms with E-state index in [1.165, 1.54) is 0 Å². The number of hydrogen-bond acceptors (Lipinski definition) is 4. The molecule has 120 valence electrons. The van der Waals surface area contributed by atoms with Gasteiger partial charge < -0.3 is 9.47 Å². The molecule has 22 heavy (non-hydrogen) atoms. The largest absolute Gasteiger partial charge is 0.463 e. The van der Waals surface area contributed by atoms with E-state index in [1.54, 1.807) is 18.2 Å². The molecule has 1 rings (SSSR count). The van der Waals surface area contributed by atoms with Gasteiger partial charge in [0.05, 0.1) is 16.7 Å². The number of esters is 2. The van der Waals surface area contributed by atoms with Crippen molar-refractivity contribution in [2.75, 3.05) is 6.61 Å². The lowest BCUT2D eigenvalue weighted by Crippen LogP contribution is -2.07. The molecule has 0 fully saturated rings. The average molecular weight is 345 g/mol. The predicted octanol–water partition coefficient (Wildman–Crippen LogP) is 4.58. The fourth-order valence-electron chi connectivity index (χ4n) is 1.60. The number of unbranched alkanes of at least 4 members (excludes halogenated alkanes) is 3. The maximum atomic E-state index is 11.6. The zero-order valence-electron chi connectivity index (χ0n) is 12.3. The van der Waals surface area contributed by atoms with E-state index < -0.39 is 11.9 Å². The summed E-state index contributed by atoms with van der Waals surface area (Å²) in [7, 11) is 0. The van der Waals surface area contributed by atoms with Gasteiger partial charge in [-0.1, -0.05) is 55.5 Å². The molecule has 0 amide bonds. The first-order valence-electron chi connectivity index (χ1n) is 7.05. The lowest BCUT2D eigenvalue weighted by molar-refractivity contribution is -0.138. The Balaban J connectivity index is 2.39.